The molecule has 1 aromatic heterocycles. The topological polar surface area (TPSA) is 26.3 Å². The molecule has 0 aliphatic rings. The summed E-state index contributed by atoms with van der Waals surface area (Å²) in [7, 11) is 1.67. The molecule has 0 amide bonds. The lowest BCUT2D eigenvalue weighted by molar-refractivity contribution is 0.415. The van der Waals surface area contributed by atoms with Crippen LogP contribution in [0.25, 0.3) is 31.3 Å². The Kier molecular flexibility index (Phi) is 3.36. The van der Waals surface area contributed by atoms with Gasteiger partial charge >= 0.3 is 0 Å². The maximum atomic E-state index is 12.3. The fraction of sp³-hybridized carbons (Fsp3) is 0.0500. The van der Waals surface area contributed by atoms with Gasteiger partial charge in [-0.3, -0.25) is 4.79 Å². The normalized spacial score (nSPS) is 11.0. The second kappa shape index (κ2) is 5.52. The molecule has 4 aromatic rings. The van der Waals surface area contributed by atoms with Crippen LogP contribution in [0.15, 0.2) is 71.5 Å². The molecule has 0 fully saturated rings. The highest BCUT2D eigenvalue weighted by molar-refractivity contribution is 7.21. The lowest BCUT2D eigenvalue weighted by Crippen LogP contribution is -1.98. The third-order valence-corrected chi connectivity index (χ3v) is 5.12. The molecule has 0 saturated carbocycles. The molecule has 112 valence electrons. The van der Waals surface area contributed by atoms with Gasteiger partial charge in [0.1, 0.15) is 5.75 Å². The molecular weight excluding hydrogens is 304 g/mol. The minimum Gasteiger partial charge on any atom is -0.497 e. The Morgan fingerprint density at radius 2 is 1.65 bits per heavy atom. The van der Waals surface area contributed by atoms with Crippen LogP contribution < -0.4 is 10.2 Å². The molecule has 23 heavy (non-hydrogen) atoms. The van der Waals surface area contributed by atoms with Crippen molar-refractivity contribution in [2.75, 3.05) is 7.11 Å². The Labute approximate surface area is 137 Å². The van der Waals surface area contributed by atoms with Crippen molar-refractivity contribution in [3.8, 4) is 16.2 Å². The summed E-state index contributed by atoms with van der Waals surface area (Å²) in [6.45, 7) is 0. The van der Waals surface area contributed by atoms with E-state index in [1.165, 1.54) is 0 Å². The minimum absolute atomic E-state index is 0.0733. The predicted octanol–water partition coefficient (Wildman–Crippen LogP) is 5.09. The number of fused-ring (bicyclic) bond motifs is 2. The standard InChI is InChI=1S/C20H14O2S/c1-22-16-9-8-13-10-15(7-6-14(13)11-16)20-12-18(21)17-4-2-3-5-19(17)23-20/h2-12H,1H3. The Balaban J connectivity index is 1.90. The SMILES string of the molecule is COc1ccc2cc(-c3cc(=O)c4ccccc4s3)ccc2c1. The highest BCUT2D eigenvalue weighted by Crippen LogP contribution is 2.31. The monoisotopic (exact) mass is 318 g/mol. The quantitative estimate of drug-likeness (QED) is 0.514. The molecule has 0 bridgehead atoms. The summed E-state index contributed by atoms with van der Waals surface area (Å²) in [6, 6.07) is 21.7. The molecule has 0 spiro atoms. The molecule has 1 heterocycles. The second-order valence-corrected chi connectivity index (χ2v) is 6.48. The molecule has 0 atom stereocenters. The van der Waals surface area contributed by atoms with Crippen LogP contribution in [-0.2, 0) is 0 Å². The largest absolute Gasteiger partial charge is 0.497 e. The van der Waals surface area contributed by atoms with Gasteiger partial charge in [0.2, 0.25) is 0 Å². The van der Waals surface area contributed by atoms with Crippen LogP contribution in [0.4, 0.5) is 0 Å². The first-order valence-electron chi connectivity index (χ1n) is 7.36. The number of ether oxygens (including phenoxy) is 1. The average molecular weight is 318 g/mol. The van der Waals surface area contributed by atoms with E-state index in [2.05, 4.69) is 18.2 Å². The molecule has 0 saturated heterocycles. The van der Waals surface area contributed by atoms with Gasteiger partial charge < -0.3 is 4.74 Å². The molecule has 3 aromatic carbocycles. The van der Waals surface area contributed by atoms with E-state index < -0.39 is 0 Å². The van der Waals surface area contributed by atoms with Crippen LogP contribution in [0.2, 0.25) is 0 Å². The van der Waals surface area contributed by atoms with Gasteiger partial charge in [-0.2, -0.15) is 0 Å². The summed E-state index contributed by atoms with van der Waals surface area (Å²) in [6.07, 6.45) is 0. The Morgan fingerprint density at radius 1 is 0.870 bits per heavy atom. The van der Waals surface area contributed by atoms with Crippen molar-refractivity contribution >= 4 is 32.2 Å². The van der Waals surface area contributed by atoms with E-state index in [1.807, 2.05) is 42.5 Å². The van der Waals surface area contributed by atoms with E-state index >= 15 is 0 Å². The van der Waals surface area contributed by atoms with E-state index in [0.29, 0.717) is 0 Å². The first kappa shape index (κ1) is 14.0. The third kappa shape index (κ3) is 2.49. The van der Waals surface area contributed by atoms with Gasteiger partial charge in [-0.15, -0.1) is 11.3 Å². The first-order valence-corrected chi connectivity index (χ1v) is 8.17. The number of methoxy groups -OCH3 is 1. The summed E-state index contributed by atoms with van der Waals surface area (Å²) in [4.78, 5) is 13.3. The van der Waals surface area contributed by atoms with E-state index in [0.717, 1.165) is 37.0 Å². The Morgan fingerprint density at radius 3 is 2.52 bits per heavy atom. The lowest BCUT2D eigenvalue weighted by atomic mass is 10.1. The van der Waals surface area contributed by atoms with Crippen molar-refractivity contribution in [2.45, 2.75) is 0 Å². The highest BCUT2D eigenvalue weighted by Gasteiger charge is 2.06. The molecular formula is C20H14O2S. The summed E-state index contributed by atoms with van der Waals surface area (Å²) in [5.41, 5.74) is 1.14. The maximum Gasteiger partial charge on any atom is 0.188 e. The molecule has 0 aliphatic carbocycles. The maximum absolute atomic E-state index is 12.3. The zero-order valence-electron chi connectivity index (χ0n) is 12.6. The van der Waals surface area contributed by atoms with Gasteiger partial charge in [0.25, 0.3) is 0 Å². The highest BCUT2D eigenvalue weighted by atomic mass is 32.1. The van der Waals surface area contributed by atoms with Gasteiger partial charge in [0.15, 0.2) is 5.43 Å². The van der Waals surface area contributed by atoms with Gasteiger partial charge in [0, 0.05) is 21.0 Å². The Hall–Kier alpha value is -2.65. The van der Waals surface area contributed by atoms with Crippen molar-refractivity contribution in [1.29, 1.82) is 0 Å². The third-order valence-electron chi connectivity index (χ3n) is 3.97. The van der Waals surface area contributed by atoms with Crippen molar-refractivity contribution in [2.24, 2.45) is 0 Å². The van der Waals surface area contributed by atoms with Crippen molar-refractivity contribution in [1.82, 2.24) is 0 Å². The number of rotatable bonds is 2. The van der Waals surface area contributed by atoms with Gasteiger partial charge in [-0.05, 0) is 46.7 Å². The van der Waals surface area contributed by atoms with E-state index in [9.17, 15) is 4.79 Å². The predicted molar refractivity (Wildman–Crippen MR) is 97.6 cm³/mol. The summed E-state index contributed by atoms with van der Waals surface area (Å²) >= 11 is 1.65. The molecule has 0 unspecified atom stereocenters. The fourth-order valence-electron chi connectivity index (χ4n) is 2.75. The van der Waals surface area contributed by atoms with E-state index in [-0.39, 0.29) is 5.43 Å². The number of hydrogen-bond acceptors (Lipinski definition) is 3. The molecule has 0 N–H and O–H groups in total. The second-order valence-electron chi connectivity index (χ2n) is 5.40. The van der Waals surface area contributed by atoms with Crippen LogP contribution >= 0.6 is 11.3 Å². The van der Waals surface area contributed by atoms with Crippen molar-refractivity contribution in [3.05, 3.63) is 77.0 Å². The summed E-state index contributed by atoms with van der Waals surface area (Å²) in [5.74, 6) is 0.848. The Bertz CT molecular complexity index is 1080. The van der Waals surface area contributed by atoms with Gasteiger partial charge in [-0.25, -0.2) is 0 Å². The summed E-state index contributed by atoms with van der Waals surface area (Å²) < 4.78 is 6.28. The first-order chi connectivity index (χ1) is 11.2. The van der Waals surface area contributed by atoms with Crippen LogP contribution in [0.5, 0.6) is 5.75 Å². The van der Waals surface area contributed by atoms with Crippen molar-refractivity contribution < 1.29 is 4.74 Å². The van der Waals surface area contributed by atoms with Crippen LogP contribution in [0.1, 0.15) is 0 Å². The molecule has 4 rings (SSSR count). The summed E-state index contributed by atoms with van der Waals surface area (Å²) in [5, 5.41) is 3.05. The molecule has 3 heteroatoms. The van der Waals surface area contributed by atoms with Crippen LogP contribution in [0, 0.1) is 0 Å². The average Bonchev–Trinajstić information content (AvgIpc) is 2.60. The number of hydrogen-bond donors (Lipinski definition) is 0. The van der Waals surface area contributed by atoms with Crippen LogP contribution in [-0.4, -0.2) is 7.11 Å². The molecule has 2 nitrogen and oxygen atoms in total. The zero-order valence-corrected chi connectivity index (χ0v) is 13.4. The van der Waals surface area contributed by atoms with Gasteiger partial charge in [-0.1, -0.05) is 30.3 Å². The van der Waals surface area contributed by atoms with Crippen LogP contribution in [0.3, 0.4) is 0 Å². The molecule has 0 aliphatic heterocycles. The van der Waals surface area contributed by atoms with E-state index in [1.54, 1.807) is 24.5 Å². The fourth-order valence-corrected chi connectivity index (χ4v) is 3.82. The zero-order chi connectivity index (χ0) is 15.8. The van der Waals surface area contributed by atoms with Crippen molar-refractivity contribution in [3.63, 3.8) is 0 Å². The molecule has 0 radical (unpaired) electrons. The number of benzene rings is 3. The minimum atomic E-state index is 0.0733. The lowest BCUT2D eigenvalue weighted by Gasteiger charge is -2.06. The van der Waals surface area contributed by atoms with Gasteiger partial charge in [0.05, 0.1) is 7.11 Å². The smallest absolute Gasteiger partial charge is 0.188 e. The van der Waals surface area contributed by atoms with E-state index in [4.69, 9.17) is 4.74 Å².